The van der Waals surface area contributed by atoms with Crippen molar-refractivity contribution in [2.45, 2.75) is 26.2 Å². The average Bonchev–Trinajstić information content (AvgIpc) is 2.01. The summed E-state index contributed by atoms with van der Waals surface area (Å²) in [5.41, 5.74) is 5.21. The Labute approximate surface area is 62.1 Å². The highest BCUT2D eigenvalue weighted by molar-refractivity contribution is 4.99. The molecule has 0 saturated heterocycles. The van der Waals surface area contributed by atoms with Gasteiger partial charge in [0.25, 0.3) is 0 Å². The molecule has 0 aromatic heterocycles. The maximum atomic E-state index is 7.26. The Morgan fingerprint density at radius 2 is 1.70 bits per heavy atom. The van der Waals surface area contributed by atoms with Gasteiger partial charge >= 0.3 is 0 Å². The van der Waals surface area contributed by atoms with Crippen LogP contribution >= 0.6 is 0 Å². The molecular formula is C7H13N3. The number of nitrogens with two attached hydrogens (primary N) is 1. The van der Waals surface area contributed by atoms with Crippen LogP contribution in [0.1, 0.15) is 26.2 Å². The van der Waals surface area contributed by atoms with Crippen LogP contribution < -0.4 is 5.73 Å². The molecule has 0 aliphatic rings. The zero-order chi connectivity index (χ0) is 8.24. The first-order valence-electron chi connectivity index (χ1n) is 3.31. The molecule has 0 aliphatic carbocycles. The maximum absolute atomic E-state index is 7.26. The van der Waals surface area contributed by atoms with E-state index < -0.39 is 0 Å². The first-order valence-corrected chi connectivity index (χ1v) is 3.31. The second-order valence-electron chi connectivity index (χ2n) is 1.72. The molecule has 3 nitrogen and oxygen atoms in total. The molecule has 0 heterocycles. The van der Waals surface area contributed by atoms with Crippen LogP contribution in [0.15, 0.2) is 0 Å². The molecule has 0 bridgehead atoms. The van der Waals surface area contributed by atoms with Crippen LogP contribution in [0.3, 0.4) is 0 Å². The molecule has 0 spiro atoms. The fourth-order valence-electron chi connectivity index (χ4n) is 0.394. The number of nitrogens with zero attached hydrogens (tertiary/aromatic N) is 2. The summed E-state index contributed by atoms with van der Waals surface area (Å²) in [5.74, 6) is 0. The van der Waals surface area contributed by atoms with Crippen molar-refractivity contribution in [1.82, 2.24) is 0 Å². The lowest BCUT2D eigenvalue weighted by molar-refractivity contribution is 0.727. The highest BCUT2D eigenvalue weighted by Crippen LogP contribution is 1.88. The predicted octanol–water partition coefficient (Wildman–Crippen LogP) is 1.17. The molecule has 0 aliphatic heterocycles. The van der Waals surface area contributed by atoms with Crippen molar-refractivity contribution in [3.8, 4) is 12.1 Å². The van der Waals surface area contributed by atoms with Gasteiger partial charge in [0.2, 0.25) is 0 Å². The summed E-state index contributed by atoms with van der Waals surface area (Å²) in [7, 11) is 0. The van der Waals surface area contributed by atoms with E-state index in [-0.39, 0.29) is 0 Å². The molecular weight excluding hydrogens is 126 g/mol. The topological polar surface area (TPSA) is 73.6 Å². The van der Waals surface area contributed by atoms with Crippen LogP contribution in [0.4, 0.5) is 0 Å². The Balaban J connectivity index is 0. The quantitative estimate of drug-likeness (QED) is 0.596. The minimum atomic E-state index is 0.855. The van der Waals surface area contributed by atoms with Crippen molar-refractivity contribution in [2.24, 2.45) is 5.73 Å². The zero-order valence-electron chi connectivity index (χ0n) is 6.30. The van der Waals surface area contributed by atoms with Gasteiger partial charge in [0.1, 0.15) is 0 Å². The lowest BCUT2D eigenvalue weighted by Gasteiger charge is -1.86. The fraction of sp³-hybridized carbons (Fsp3) is 0.714. The molecule has 10 heavy (non-hydrogen) atoms. The maximum Gasteiger partial charge on any atom is 0.181 e. The van der Waals surface area contributed by atoms with E-state index in [0.717, 1.165) is 6.54 Å². The second kappa shape index (κ2) is 15.7. The van der Waals surface area contributed by atoms with Crippen LogP contribution in [0.25, 0.3) is 0 Å². The van der Waals surface area contributed by atoms with Gasteiger partial charge in [-0.2, -0.15) is 10.5 Å². The van der Waals surface area contributed by atoms with E-state index in [1.807, 2.05) is 0 Å². The van der Waals surface area contributed by atoms with Gasteiger partial charge in [-0.1, -0.05) is 19.8 Å². The molecule has 0 atom stereocenters. The largest absolute Gasteiger partial charge is 0.330 e. The van der Waals surface area contributed by atoms with Gasteiger partial charge < -0.3 is 5.73 Å². The molecule has 56 valence electrons. The van der Waals surface area contributed by atoms with Crippen molar-refractivity contribution < 1.29 is 0 Å². The normalized spacial score (nSPS) is 6.40. The Morgan fingerprint density at radius 3 is 1.80 bits per heavy atom. The smallest absolute Gasteiger partial charge is 0.181 e. The number of nitriles is 2. The third-order valence-electron chi connectivity index (χ3n) is 0.858. The molecule has 0 rings (SSSR count). The highest BCUT2D eigenvalue weighted by atomic mass is 14.5. The predicted molar refractivity (Wildman–Crippen MR) is 39.8 cm³/mol. The fourth-order valence-corrected chi connectivity index (χ4v) is 0.394. The summed E-state index contributed by atoms with van der Waals surface area (Å²) in [6, 6.07) is 2.47. The Morgan fingerprint density at radius 1 is 1.20 bits per heavy atom. The molecule has 2 N–H and O–H groups in total. The molecule has 3 heteroatoms. The van der Waals surface area contributed by atoms with E-state index in [9.17, 15) is 0 Å². The van der Waals surface area contributed by atoms with Gasteiger partial charge in [-0.3, -0.25) is 0 Å². The molecule has 0 saturated carbocycles. The molecule has 0 aromatic carbocycles. The minimum absolute atomic E-state index is 0.855. The van der Waals surface area contributed by atoms with Gasteiger partial charge in [-0.25, -0.2) is 0 Å². The van der Waals surface area contributed by atoms with Crippen molar-refractivity contribution in [3.63, 3.8) is 0 Å². The summed E-state index contributed by atoms with van der Waals surface area (Å²) in [6.07, 6.45) is 3.75. The van der Waals surface area contributed by atoms with Crippen LogP contribution in [-0.4, -0.2) is 6.54 Å². The average molecular weight is 139 g/mol. The molecule has 0 amide bonds. The van der Waals surface area contributed by atoms with Gasteiger partial charge in [-0.05, 0) is 13.0 Å². The number of hydrogen-bond acceptors (Lipinski definition) is 3. The molecule has 0 radical (unpaired) electrons. The summed E-state index contributed by atoms with van der Waals surface area (Å²) >= 11 is 0. The van der Waals surface area contributed by atoms with Crippen molar-refractivity contribution in [2.75, 3.05) is 6.54 Å². The zero-order valence-corrected chi connectivity index (χ0v) is 6.30. The Hall–Kier alpha value is -1.06. The summed E-state index contributed by atoms with van der Waals surface area (Å²) in [5, 5.41) is 14.5. The summed E-state index contributed by atoms with van der Waals surface area (Å²) < 4.78 is 0. The van der Waals surface area contributed by atoms with Gasteiger partial charge in [0.05, 0.1) is 0 Å². The highest BCUT2D eigenvalue weighted by Gasteiger charge is 1.75. The van der Waals surface area contributed by atoms with Gasteiger partial charge in [-0.15, -0.1) is 0 Å². The summed E-state index contributed by atoms with van der Waals surface area (Å²) in [6.45, 7) is 3.03. The van der Waals surface area contributed by atoms with E-state index in [2.05, 4.69) is 6.92 Å². The van der Waals surface area contributed by atoms with E-state index in [1.165, 1.54) is 31.4 Å². The first kappa shape index (κ1) is 11.7. The molecule has 0 fully saturated rings. The SMILES string of the molecule is CCCCCN.N#CC#N. The van der Waals surface area contributed by atoms with Crippen LogP contribution in [0, 0.1) is 22.7 Å². The van der Waals surface area contributed by atoms with Gasteiger partial charge in [0.15, 0.2) is 12.1 Å². The van der Waals surface area contributed by atoms with Crippen LogP contribution in [0.2, 0.25) is 0 Å². The van der Waals surface area contributed by atoms with Crippen molar-refractivity contribution in [1.29, 1.82) is 10.5 Å². The van der Waals surface area contributed by atoms with E-state index in [4.69, 9.17) is 16.3 Å². The van der Waals surface area contributed by atoms with Crippen LogP contribution in [-0.2, 0) is 0 Å². The van der Waals surface area contributed by atoms with Crippen LogP contribution in [0.5, 0.6) is 0 Å². The monoisotopic (exact) mass is 139 g/mol. The minimum Gasteiger partial charge on any atom is -0.330 e. The standard InChI is InChI=1S/C5H13N.C2N2/c1-2-3-4-5-6;3-1-2-4/h2-6H2,1H3;. The third kappa shape index (κ3) is 28.3. The van der Waals surface area contributed by atoms with Crippen molar-refractivity contribution >= 4 is 0 Å². The second-order valence-corrected chi connectivity index (χ2v) is 1.72. The van der Waals surface area contributed by atoms with E-state index >= 15 is 0 Å². The summed E-state index contributed by atoms with van der Waals surface area (Å²) in [4.78, 5) is 0. The molecule has 0 aromatic rings. The molecule has 0 unspecified atom stereocenters. The van der Waals surface area contributed by atoms with E-state index in [1.54, 1.807) is 0 Å². The number of unbranched alkanes of at least 4 members (excludes halogenated alkanes) is 2. The first-order chi connectivity index (χ1) is 4.83. The lowest BCUT2D eigenvalue weighted by Crippen LogP contribution is -1.96. The number of hydrogen-bond donors (Lipinski definition) is 1. The van der Waals surface area contributed by atoms with E-state index in [0.29, 0.717) is 0 Å². The lowest BCUT2D eigenvalue weighted by atomic mass is 10.3. The number of rotatable bonds is 3. The van der Waals surface area contributed by atoms with Crippen molar-refractivity contribution in [3.05, 3.63) is 0 Å². The third-order valence-corrected chi connectivity index (χ3v) is 0.858. The van der Waals surface area contributed by atoms with Gasteiger partial charge in [0, 0.05) is 0 Å². The Kier molecular flexibility index (Phi) is 18.3. The Bertz CT molecular complexity index is 102.